The number of methoxy groups -OCH3 is 1. The highest BCUT2D eigenvalue weighted by Crippen LogP contribution is 2.27. The van der Waals surface area contributed by atoms with Crippen LogP contribution in [-0.2, 0) is 11.3 Å². The lowest BCUT2D eigenvalue weighted by Gasteiger charge is -2.42. The Kier molecular flexibility index (Phi) is 6.53. The molecular weight excluding hydrogens is 350 g/mol. The number of carbonyl (C=O) groups is 1. The van der Waals surface area contributed by atoms with Crippen molar-refractivity contribution in [2.24, 2.45) is 5.92 Å². The molecule has 3 aliphatic heterocycles. The van der Waals surface area contributed by atoms with Gasteiger partial charge in [0.2, 0.25) is 5.91 Å². The molecule has 0 spiro atoms. The van der Waals surface area contributed by atoms with Gasteiger partial charge in [0.15, 0.2) is 0 Å². The van der Waals surface area contributed by atoms with Crippen molar-refractivity contribution in [1.82, 2.24) is 14.7 Å². The van der Waals surface area contributed by atoms with Gasteiger partial charge in [-0.15, -0.1) is 0 Å². The second kappa shape index (κ2) is 9.27. The highest BCUT2D eigenvalue weighted by molar-refractivity contribution is 5.79. The minimum Gasteiger partial charge on any atom is -0.497 e. The van der Waals surface area contributed by atoms with E-state index in [2.05, 4.69) is 32.9 Å². The molecule has 1 atom stereocenters. The lowest BCUT2D eigenvalue weighted by molar-refractivity contribution is -0.136. The van der Waals surface area contributed by atoms with Crippen molar-refractivity contribution < 1.29 is 9.53 Å². The smallest absolute Gasteiger partial charge is 0.226 e. The summed E-state index contributed by atoms with van der Waals surface area (Å²) in [5.41, 5.74) is 1.33. The second-order valence-electron chi connectivity index (χ2n) is 8.73. The molecule has 3 heterocycles. The third kappa shape index (κ3) is 4.69. The molecule has 1 aromatic rings. The van der Waals surface area contributed by atoms with Crippen LogP contribution in [0.4, 0.5) is 0 Å². The predicted octanol–water partition coefficient (Wildman–Crippen LogP) is 2.99. The minimum absolute atomic E-state index is 0.238. The molecule has 0 radical (unpaired) electrons. The van der Waals surface area contributed by atoms with Gasteiger partial charge in [0.1, 0.15) is 5.75 Å². The fourth-order valence-electron chi connectivity index (χ4n) is 5.21. The average Bonchev–Trinajstić information content (AvgIpc) is 3.29. The van der Waals surface area contributed by atoms with Crippen LogP contribution in [0.1, 0.15) is 44.1 Å². The summed E-state index contributed by atoms with van der Waals surface area (Å²) < 4.78 is 5.35. The van der Waals surface area contributed by atoms with Gasteiger partial charge in [-0.1, -0.05) is 12.1 Å². The molecule has 28 heavy (non-hydrogen) atoms. The van der Waals surface area contributed by atoms with Crippen molar-refractivity contribution in [3.63, 3.8) is 0 Å². The zero-order chi connectivity index (χ0) is 19.3. The van der Waals surface area contributed by atoms with Crippen LogP contribution in [0, 0.1) is 5.92 Å². The van der Waals surface area contributed by atoms with Gasteiger partial charge in [-0.2, -0.15) is 0 Å². The summed E-state index contributed by atoms with van der Waals surface area (Å²) in [6.45, 7) is 7.41. The van der Waals surface area contributed by atoms with E-state index in [1.54, 1.807) is 7.11 Å². The van der Waals surface area contributed by atoms with Crippen LogP contribution in [0.15, 0.2) is 24.3 Å². The number of piperidine rings is 2. The van der Waals surface area contributed by atoms with Gasteiger partial charge in [0.05, 0.1) is 13.0 Å². The lowest BCUT2D eigenvalue weighted by atomic mass is 9.93. The first kappa shape index (κ1) is 19.7. The van der Waals surface area contributed by atoms with Gasteiger partial charge in [0, 0.05) is 32.2 Å². The second-order valence-corrected chi connectivity index (χ2v) is 8.73. The summed E-state index contributed by atoms with van der Waals surface area (Å²) in [5.74, 6) is 1.61. The number of amides is 1. The molecule has 0 aliphatic carbocycles. The SMILES string of the molecule is COc1cccc(CN2CCC(N3CCC[C@@H](C(=O)N4CCCC4)C3)CC2)c1. The van der Waals surface area contributed by atoms with Crippen LogP contribution < -0.4 is 4.74 Å². The number of hydrogen-bond acceptors (Lipinski definition) is 4. The number of rotatable bonds is 5. The zero-order valence-electron chi connectivity index (χ0n) is 17.3. The monoisotopic (exact) mass is 385 g/mol. The quantitative estimate of drug-likeness (QED) is 0.781. The van der Waals surface area contributed by atoms with Crippen molar-refractivity contribution in [2.75, 3.05) is 46.4 Å². The first-order chi connectivity index (χ1) is 13.7. The summed E-state index contributed by atoms with van der Waals surface area (Å²) in [6.07, 6.45) is 7.07. The van der Waals surface area contributed by atoms with Crippen LogP contribution in [0.2, 0.25) is 0 Å². The van der Waals surface area contributed by atoms with Crippen molar-refractivity contribution in [2.45, 2.75) is 51.1 Å². The van der Waals surface area contributed by atoms with Gasteiger partial charge >= 0.3 is 0 Å². The summed E-state index contributed by atoms with van der Waals surface area (Å²) in [6, 6.07) is 9.06. The van der Waals surface area contributed by atoms with E-state index in [4.69, 9.17) is 4.74 Å². The predicted molar refractivity (Wildman–Crippen MR) is 111 cm³/mol. The molecule has 0 N–H and O–H groups in total. The van der Waals surface area contributed by atoms with Gasteiger partial charge in [-0.3, -0.25) is 14.6 Å². The van der Waals surface area contributed by atoms with E-state index < -0.39 is 0 Å². The van der Waals surface area contributed by atoms with Crippen LogP contribution >= 0.6 is 0 Å². The molecule has 5 heteroatoms. The zero-order valence-corrected chi connectivity index (χ0v) is 17.3. The van der Waals surface area contributed by atoms with E-state index in [1.165, 1.54) is 44.2 Å². The van der Waals surface area contributed by atoms with Crippen molar-refractivity contribution in [3.05, 3.63) is 29.8 Å². The molecule has 3 fully saturated rings. The van der Waals surface area contributed by atoms with E-state index in [0.29, 0.717) is 11.9 Å². The summed E-state index contributed by atoms with van der Waals surface area (Å²) in [7, 11) is 1.73. The standard InChI is InChI=1S/C23H35N3O2/c1-28-22-8-4-6-19(16-22)17-24-14-9-21(10-15-24)26-13-5-7-20(18-26)23(27)25-11-2-3-12-25/h4,6,8,16,20-21H,2-3,5,7,9-15,17-18H2,1H3/t20-/m1/s1. The summed E-state index contributed by atoms with van der Waals surface area (Å²) >= 11 is 0. The molecule has 0 bridgehead atoms. The summed E-state index contributed by atoms with van der Waals surface area (Å²) in [4.78, 5) is 20.1. The third-order valence-corrected chi connectivity index (χ3v) is 6.83. The molecular formula is C23H35N3O2. The Morgan fingerprint density at radius 3 is 2.57 bits per heavy atom. The van der Waals surface area contributed by atoms with E-state index in [-0.39, 0.29) is 5.92 Å². The van der Waals surface area contributed by atoms with Crippen LogP contribution in [0.3, 0.4) is 0 Å². The molecule has 5 nitrogen and oxygen atoms in total. The number of hydrogen-bond donors (Lipinski definition) is 0. The Labute approximate surface area is 169 Å². The van der Waals surface area contributed by atoms with Crippen LogP contribution in [-0.4, -0.2) is 73.0 Å². The van der Waals surface area contributed by atoms with E-state index in [1.807, 2.05) is 6.07 Å². The molecule has 1 aromatic carbocycles. The van der Waals surface area contributed by atoms with Crippen molar-refractivity contribution in [1.29, 1.82) is 0 Å². The van der Waals surface area contributed by atoms with E-state index in [0.717, 1.165) is 51.4 Å². The first-order valence-corrected chi connectivity index (χ1v) is 11.1. The molecule has 0 saturated carbocycles. The molecule has 0 unspecified atom stereocenters. The Morgan fingerprint density at radius 1 is 1.04 bits per heavy atom. The van der Waals surface area contributed by atoms with E-state index in [9.17, 15) is 4.79 Å². The minimum atomic E-state index is 0.238. The molecule has 3 saturated heterocycles. The number of carbonyl (C=O) groups excluding carboxylic acids is 1. The number of ether oxygens (including phenoxy) is 1. The number of nitrogens with zero attached hydrogens (tertiary/aromatic N) is 3. The first-order valence-electron chi connectivity index (χ1n) is 11.1. The van der Waals surface area contributed by atoms with Gasteiger partial charge < -0.3 is 9.64 Å². The highest BCUT2D eigenvalue weighted by Gasteiger charge is 2.34. The molecule has 0 aromatic heterocycles. The molecule has 1 amide bonds. The molecule has 4 rings (SSSR count). The van der Waals surface area contributed by atoms with Crippen molar-refractivity contribution in [3.8, 4) is 5.75 Å². The lowest BCUT2D eigenvalue weighted by Crippen LogP contribution is -2.51. The fourth-order valence-corrected chi connectivity index (χ4v) is 5.21. The topological polar surface area (TPSA) is 36.0 Å². The van der Waals surface area contributed by atoms with Gasteiger partial charge in [-0.25, -0.2) is 0 Å². The molecule has 154 valence electrons. The largest absolute Gasteiger partial charge is 0.497 e. The fraction of sp³-hybridized carbons (Fsp3) is 0.696. The Hall–Kier alpha value is -1.59. The average molecular weight is 386 g/mol. The Bertz CT molecular complexity index is 651. The maximum absolute atomic E-state index is 12.8. The molecule has 3 aliphatic rings. The Balaban J connectivity index is 1.26. The van der Waals surface area contributed by atoms with Gasteiger partial charge in [0.25, 0.3) is 0 Å². The number of benzene rings is 1. The normalized spacial score (nSPS) is 25.2. The highest BCUT2D eigenvalue weighted by atomic mass is 16.5. The van der Waals surface area contributed by atoms with Crippen LogP contribution in [0.25, 0.3) is 0 Å². The van der Waals surface area contributed by atoms with E-state index >= 15 is 0 Å². The third-order valence-electron chi connectivity index (χ3n) is 6.83. The Morgan fingerprint density at radius 2 is 1.82 bits per heavy atom. The maximum atomic E-state index is 12.8. The van der Waals surface area contributed by atoms with Crippen molar-refractivity contribution >= 4 is 5.91 Å². The van der Waals surface area contributed by atoms with Gasteiger partial charge in [-0.05, 0) is 75.9 Å². The van der Waals surface area contributed by atoms with Crippen LogP contribution in [0.5, 0.6) is 5.75 Å². The summed E-state index contributed by atoms with van der Waals surface area (Å²) in [5, 5.41) is 0. The number of likely N-dealkylation sites (tertiary alicyclic amines) is 3. The maximum Gasteiger partial charge on any atom is 0.226 e.